The van der Waals surface area contributed by atoms with Crippen LogP contribution in [0.3, 0.4) is 0 Å². The van der Waals surface area contributed by atoms with Gasteiger partial charge in [-0.15, -0.1) is 0 Å². The zero-order chi connectivity index (χ0) is 22.6. The number of hydrogen-bond acceptors (Lipinski definition) is 7. The van der Waals surface area contributed by atoms with Crippen molar-refractivity contribution in [3.8, 4) is 5.75 Å². The molecule has 0 bridgehead atoms. The summed E-state index contributed by atoms with van der Waals surface area (Å²) >= 11 is 0. The molecule has 3 N–H and O–H groups in total. The average molecular weight is 460 g/mol. The Morgan fingerprint density at radius 3 is 2.72 bits per heavy atom. The van der Waals surface area contributed by atoms with Gasteiger partial charge in [0.1, 0.15) is 16.7 Å². The summed E-state index contributed by atoms with van der Waals surface area (Å²) in [5, 5.41) is 2.88. The Hall–Kier alpha value is -2.53. The van der Waals surface area contributed by atoms with Crippen molar-refractivity contribution in [1.29, 1.82) is 0 Å². The standard InChI is InChI=1S/C22H29N5O4S/c1-31-20-9-8-16(13-21(20)32(29,30)27-11-5-2-6-12-27)18-14-19(26-25-18)22(28)24-15-17-7-3-4-10-23-17/h3-4,7-10,13,18-19,25-26H,2,5-6,11-12,14-15H2,1H3,(H,24,28). The third-order valence-electron chi connectivity index (χ3n) is 5.91. The Kier molecular flexibility index (Phi) is 7.04. The number of sulfonamides is 1. The Labute approximate surface area is 188 Å². The van der Waals surface area contributed by atoms with E-state index >= 15 is 0 Å². The third kappa shape index (κ3) is 4.93. The number of piperidine rings is 1. The van der Waals surface area contributed by atoms with Crippen molar-refractivity contribution in [2.24, 2.45) is 0 Å². The molecule has 4 rings (SSSR count). The van der Waals surface area contributed by atoms with E-state index in [1.54, 1.807) is 18.3 Å². The van der Waals surface area contributed by atoms with Gasteiger partial charge >= 0.3 is 0 Å². The van der Waals surface area contributed by atoms with Crippen molar-refractivity contribution in [3.05, 3.63) is 53.9 Å². The Morgan fingerprint density at radius 2 is 2.00 bits per heavy atom. The molecule has 172 valence electrons. The van der Waals surface area contributed by atoms with E-state index in [1.165, 1.54) is 11.4 Å². The van der Waals surface area contributed by atoms with E-state index in [1.807, 2.05) is 24.3 Å². The summed E-state index contributed by atoms with van der Waals surface area (Å²) < 4.78 is 33.4. The van der Waals surface area contributed by atoms with Gasteiger partial charge in [0.2, 0.25) is 15.9 Å². The molecule has 1 aromatic carbocycles. The third-order valence-corrected chi connectivity index (χ3v) is 7.83. The maximum absolute atomic E-state index is 13.3. The van der Waals surface area contributed by atoms with Crippen molar-refractivity contribution in [2.75, 3.05) is 20.2 Å². The highest BCUT2D eigenvalue weighted by Gasteiger charge is 2.33. The van der Waals surface area contributed by atoms with E-state index in [-0.39, 0.29) is 16.8 Å². The smallest absolute Gasteiger partial charge is 0.246 e. The first kappa shape index (κ1) is 22.7. The number of nitrogens with zero attached hydrogens (tertiary/aromatic N) is 2. The van der Waals surface area contributed by atoms with Crippen LogP contribution in [0.25, 0.3) is 0 Å². The number of carbonyl (C=O) groups excluding carboxylic acids is 1. The number of carbonyl (C=O) groups is 1. The summed E-state index contributed by atoms with van der Waals surface area (Å²) in [6, 6.07) is 10.1. The number of pyridine rings is 1. The molecule has 2 aliphatic heterocycles. The van der Waals surface area contributed by atoms with Crippen molar-refractivity contribution in [1.82, 2.24) is 25.5 Å². The van der Waals surface area contributed by atoms with Gasteiger partial charge in [-0.2, -0.15) is 4.31 Å². The number of amides is 1. The van der Waals surface area contributed by atoms with E-state index < -0.39 is 16.1 Å². The number of hydrazine groups is 1. The maximum atomic E-state index is 13.3. The van der Waals surface area contributed by atoms with Gasteiger partial charge in [0.05, 0.1) is 19.3 Å². The van der Waals surface area contributed by atoms with Crippen LogP contribution in [0, 0.1) is 0 Å². The number of hydrogen-bond donors (Lipinski definition) is 3. The lowest BCUT2D eigenvalue weighted by Crippen LogP contribution is -2.42. The molecule has 2 atom stereocenters. The van der Waals surface area contributed by atoms with Crippen LogP contribution in [0.5, 0.6) is 5.75 Å². The van der Waals surface area contributed by atoms with E-state index in [0.717, 1.165) is 30.5 Å². The molecule has 0 spiro atoms. The fraction of sp³-hybridized carbons (Fsp3) is 0.455. The second-order valence-electron chi connectivity index (χ2n) is 8.04. The molecule has 2 fully saturated rings. The number of nitrogens with one attached hydrogen (secondary N) is 3. The topological polar surface area (TPSA) is 113 Å². The average Bonchev–Trinajstić information content (AvgIpc) is 3.34. The van der Waals surface area contributed by atoms with Crippen molar-refractivity contribution < 1.29 is 17.9 Å². The monoisotopic (exact) mass is 459 g/mol. The Bertz CT molecular complexity index is 1040. The molecule has 3 heterocycles. The fourth-order valence-electron chi connectivity index (χ4n) is 4.11. The molecular weight excluding hydrogens is 430 g/mol. The van der Waals surface area contributed by atoms with Gasteiger partial charge in [-0.25, -0.2) is 19.3 Å². The lowest BCUT2D eigenvalue weighted by Gasteiger charge is -2.27. The molecule has 0 saturated carbocycles. The minimum Gasteiger partial charge on any atom is -0.495 e. The van der Waals surface area contributed by atoms with E-state index in [4.69, 9.17) is 4.74 Å². The first-order valence-electron chi connectivity index (χ1n) is 10.9. The zero-order valence-corrected chi connectivity index (χ0v) is 18.9. The highest BCUT2D eigenvalue weighted by molar-refractivity contribution is 7.89. The van der Waals surface area contributed by atoms with Gasteiger partial charge < -0.3 is 10.1 Å². The molecule has 2 aliphatic rings. The predicted octanol–water partition coefficient (Wildman–Crippen LogP) is 1.49. The largest absolute Gasteiger partial charge is 0.495 e. The Morgan fingerprint density at radius 1 is 1.19 bits per heavy atom. The normalized spacial score (nSPS) is 21.9. The van der Waals surface area contributed by atoms with Gasteiger partial charge in [-0.1, -0.05) is 18.6 Å². The lowest BCUT2D eigenvalue weighted by atomic mass is 10.0. The predicted molar refractivity (Wildman–Crippen MR) is 119 cm³/mol. The van der Waals surface area contributed by atoms with Crippen LogP contribution in [0.2, 0.25) is 0 Å². The fourth-order valence-corrected chi connectivity index (χ4v) is 5.81. The first-order chi connectivity index (χ1) is 15.5. The van der Waals surface area contributed by atoms with Crippen molar-refractivity contribution in [3.63, 3.8) is 0 Å². The van der Waals surface area contributed by atoms with Gasteiger partial charge in [-0.3, -0.25) is 9.78 Å². The van der Waals surface area contributed by atoms with Crippen molar-refractivity contribution >= 4 is 15.9 Å². The van der Waals surface area contributed by atoms with Crippen LogP contribution in [-0.4, -0.2) is 49.9 Å². The lowest BCUT2D eigenvalue weighted by molar-refractivity contribution is -0.123. The number of benzene rings is 1. The molecule has 2 saturated heterocycles. The van der Waals surface area contributed by atoms with Crippen LogP contribution in [0.1, 0.15) is 43.0 Å². The highest BCUT2D eigenvalue weighted by Crippen LogP contribution is 2.33. The summed E-state index contributed by atoms with van der Waals surface area (Å²) in [6.45, 7) is 1.40. The molecule has 1 aromatic heterocycles. The minimum absolute atomic E-state index is 0.139. The number of methoxy groups -OCH3 is 1. The summed E-state index contributed by atoms with van der Waals surface area (Å²) in [6.07, 6.45) is 4.95. The molecule has 9 nitrogen and oxygen atoms in total. The highest BCUT2D eigenvalue weighted by atomic mass is 32.2. The number of aromatic nitrogens is 1. The van der Waals surface area contributed by atoms with E-state index in [9.17, 15) is 13.2 Å². The Balaban J connectivity index is 1.46. The molecule has 0 radical (unpaired) electrons. The van der Waals surface area contributed by atoms with Gasteiger partial charge in [0, 0.05) is 25.3 Å². The SMILES string of the molecule is COc1ccc(C2CC(C(=O)NCc3ccccn3)NN2)cc1S(=O)(=O)N1CCCCC1. The second-order valence-corrected chi connectivity index (χ2v) is 9.95. The van der Waals surface area contributed by atoms with Gasteiger partial charge in [0.25, 0.3) is 0 Å². The first-order valence-corrected chi connectivity index (χ1v) is 12.3. The van der Waals surface area contributed by atoms with Gasteiger partial charge in [-0.05, 0) is 49.1 Å². The molecule has 32 heavy (non-hydrogen) atoms. The molecule has 2 unspecified atom stereocenters. The van der Waals surface area contributed by atoms with Crippen molar-refractivity contribution in [2.45, 2.75) is 49.2 Å². The molecule has 2 aromatic rings. The van der Waals surface area contributed by atoms with Crippen LogP contribution in [0.4, 0.5) is 0 Å². The van der Waals surface area contributed by atoms with E-state index in [2.05, 4.69) is 21.2 Å². The second kappa shape index (κ2) is 9.95. The molecule has 1 amide bonds. The number of rotatable bonds is 7. The molecular formula is C22H29N5O4S. The number of ether oxygens (including phenoxy) is 1. The van der Waals surface area contributed by atoms with E-state index in [0.29, 0.717) is 31.8 Å². The summed E-state index contributed by atoms with van der Waals surface area (Å²) in [7, 11) is -2.18. The maximum Gasteiger partial charge on any atom is 0.246 e. The van der Waals surface area contributed by atoms with Gasteiger partial charge in [0.15, 0.2) is 0 Å². The van der Waals surface area contributed by atoms with Crippen LogP contribution in [-0.2, 0) is 21.4 Å². The molecule has 10 heteroatoms. The molecule has 0 aliphatic carbocycles. The zero-order valence-electron chi connectivity index (χ0n) is 18.1. The van der Waals surface area contributed by atoms with Crippen LogP contribution in [0.15, 0.2) is 47.5 Å². The quantitative estimate of drug-likeness (QED) is 0.575. The summed E-state index contributed by atoms with van der Waals surface area (Å²) in [5.74, 6) is 0.190. The minimum atomic E-state index is -3.65. The summed E-state index contributed by atoms with van der Waals surface area (Å²) in [5.41, 5.74) is 7.71. The van der Waals surface area contributed by atoms with Crippen LogP contribution < -0.4 is 20.9 Å². The summed E-state index contributed by atoms with van der Waals surface area (Å²) in [4.78, 5) is 16.9. The van der Waals surface area contributed by atoms with Crippen LogP contribution >= 0.6 is 0 Å².